The van der Waals surface area contributed by atoms with E-state index in [1.54, 1.807) is 6.07 Å². The van der Waals surface area contributed by atoms with Crippen molar-refractivity contribution in [1.82, 2.24) is 4.98 Å². The van der Waals surface area contributed by atoms with Gasteiger partial charge in [-0.1, -0.05) is 0 Å². The van der Waals surface area contributed by atoms with E-state index in [0.717, 1.165) is 12.1 Å². The highest BCUT2D eigenvalue weighted by Crippen LogP contribution is 2.29. The molecular formula is C17H16F3N3O3. The molecule has 0 aliphatic heterocycles. The highest BCUT2D eigenvalue weighted by atomic mass is 19.4. The van der Waals surface area contributed by atoms with Gasteiger partial charge >= 0.3 is 6.18 Å². The summed E-state index contributed by atoms with van der Waals surface area (Å²) in [5.74, 6) is -0.553. The maximum atomic E-state index is 12.7. The molecule has 6 nitrogen and oxygen atoms in total. The van der Waals surface area contributed by atoms with Crippen molar-refractivity contribution < 1.29 is 27.5 Å². The zero-order valence-electron chi connectivity index (χ0n) is 14.2. The molecule has 2 aromatic rings. The van der Waals surface area contributed by atoms with Gasteiger partial charge in [-0.2, -0.15) is 13.2 Å². The first kappa shape index (κ1) is 19.2. The van der Waals surface area contributed by atoms with E-state index < -0.39 is 17.8 Å². The van der Waals surface area contributed by atoms with E-state index in [0.29, 0.717) is 17.1 Å². The number of nitrogens with one attached hydrogen (secondary N) is 2. The van der Waals surface area contributed by atoms with Gasteiger partial charge in [-0.3, -0.25) is 9.59 Å². The van der Waals surface area contributed by atoms with Crippen molar-refractivity contribution in [2.75, 3.05) is 17.7 Å². The summed E-state index contributed by atoms with van der Waals surface area (Å²) in [5.41, 5.74) is -0.425. The molecule has 0 fully saturated rings. The van der Waals surface area contributed by atoms with Crippen LogP contribution in [0.5, 0.6) is 5.75 Å². The van der Waals surface area contributed by atoms with Crippen molar-refractivity contribution >= 4 is 23.2 Å². The number of pyridine rings is 1. The van der Waals surface area contributed by atoms with Gasteiger partial charge in [0.05, 0.1) is 24.1 Å². The van der Waals surface area contributed by atoms with Gasteiger partial charge < -0.3 is 15.4 Å². The van der Waals surface area contributed by atoms with Crippen molar-refractivity contribution in [2.45, 2.75) is 20.0 Å². The standard InChI is InChI=1S/C17H16F3N3O3/c1-9-12(5-7-15(21-9)17(18,19)20)16(25)23-11-4-6-14(26-3)13(8-11)22-10(2)24/h4-8H,1-3H3,(H,22,24)(H,23,25). The number of benzene rings is 1. The molecule has 0 aliphatic rings. The number of methoxy groups -OCH3 is 1. The monoisotopic (exact) mass is 367 g/mol. The minimum Gasteiger partial charge on any atom is -0.495 e. The molecule has 2 amide bonds. The molecule has 1 aromatic carbocycles. The lowest BCUT2D eigenvalue weighted by Gasteiger charge is -2.13. The Balaban J connectivity index is 2.26. The van der Waals surface area contributed by atoms with E-state index in [1.165, 1.54) is 33.1 Å². The number of anilines is 2. The maximum absolute atomic E-state index is 12.7. The summed E-state index contributed by atoms with van der Waals surface area (Å²) in [5, 5.41) is 5.12. The van der Waals surface area contributed by atoms with Crippen LogP contribution in [0.2, 0.25) is 0 Å². The molecular weight excluding hydrogens is 351 g/mol. The molecule has 9 heteroatoms. The van der Waals surface area contributed by atoms with Crippen LogP contribution in [0.25, 0.3) is 0 Å². The molecule has 0 saturated heterocycles. The summed E-state index contributed by atoms with van der Waals surface area (Å²) in [4.78, 5) is 27.0. The van der Waals surface area contributed by atoms with E-state index in [9.17, 15) is 22.8 Å². The third-order valence-corrected chi connectivity index (χ3v) is 3.39. The molecule has 0 atom stereocenters. The fourth-order valence-electron chi connectivity index (χ4n) is 2.23. The number of hydrogen-bond acceptors (Lipinski definition) is 4. The highest BCUT2D eigenvalue weighted by molar-refractivity contribution is 6.05. The minimum absolute atomic E-state index is 0.00916. The summed E-state index contributed by atoms with van der Waals surface area (Å²) in [7, 11) is 1.43. The summed E-state index contributed by atoms with van der Waals surface area (Å²) in [6.45, 7) is 2.64. The quantitative estimate of drug-likeness (QED) is 0.865. The molecule has 0 unspecified atom stereocenters. The first-order chi connectivity index (χ1) is 12.1. The predicted octanol–water partition coefficient (Wildman–Crippen LogP) is 3.63. The molecule has 0 radical (unpaired) electrons. The number of nitrogens with zero attached hydrogens (tertiary/aromatic N) is 1. The summed E-state index contributed by atoms with van der Waals surface area (Å²) < 4.78 is 43.1. The topological polar surface area (TPSA) is 80.3 Å². The smallest absolute Gasteiger partial charge is 0.433 e. The number of aryl methyl sites for hydroxylation is 1. The summed E-state index contributed by atoms with van der Waals surface area (Å²) >= 11 is 0. The van der Waals surface area contributed by atoms with Gasteiger partial charge in [-0.05, 0) is 37.3 Å². The van der Waals surface area contributed by atoms with Crippen LogP contribution in [-0.4, -0.2) is 23.9 Å². The third kappa shape index (κ3) is 4.50. The Hall–Kier alpha value is -3.10. The van der Waals surface area contributed by atoms with Gasteiger partial charge in [-0.25, -0.2) is 4.98 Å². The Kier molecular flexibility index (Phi) is 5.49. The van der Waals surface area contributed by atoms with Crippen LogP contribution in [0.4, 0.5) is 24.5 Å². The van der Waals surface area contributed by atoms with Crippen LogP contribution < -0.4 is 15.4 Å². The molecule has 1 aromatic heterocycles. The van der Waals surface area contributed by atoms with Crippen LogP contribution >= 0.6 is 0 Å². The van der Waals surface area contributed by atoms with Crippen LogP contribution in [0.15, 0.2) is 30.3 Å². The average Bonchev–Trinajstić information content (AvgIpc) is 2.53. The van der Waals surface area contributed by atoms with E-state index >= 15 is 0 Å². The van der Waals surface area contributed by atoms with Crippen LogP contribution in [0.1, 0.15) is 28.7 Å². The van der Waals surface area contributed by atoms with E-state index in [1.807, 2.05) is 0 Å². The Morgan fingerprint density at radius 3 is 2.35 bits per heavy atom. The third-order valence-electron chi connectivity index (χ3n) is 3.39. The van der Waals surface area contributed by atoms with Crippen molar-refractivity contribution in [3.8, 4) is 5.75 Å². The SMILES string of the molecule is COc1ccc(NC(=O)c2ccc(C(F)(F)F)nc2C)cc1NC(C)=O. The lowest BCUT2D eigenvalue weighted by Crippen LogP contribution is -2.17. The zero-order valence-corrected chi connectivity index (χ0v) is 14.2. The van der Waals surface area contributed by atoms with Crippen LogP contribution in [0.3, 0.4) is 0 Å². The van der Waals surface area contributed by atoms with Crippen LogP contribution in [0, 0.1) is 6.92 Å². The Morgan fingerprint density at radius 2 is 1.81 bits per heavy atom. The van der Waals surface area contributed by atoms with Crippen molar-refractivity contribution in [3.05, 3.63) is 47.3 Å². The van der Waals surface area contributed by atoms with Gasteiger partial charge in [0, 0.05) is 12.6 Å². The fourth-order valence-corrected chi connectivity index (χ4v) is 2.23. The number of ether oxygens (including phenoxy) is 1. The molecule has 2 rings (SSSR count). The lowest BCUT2D eigenvalue weighted by atomic mass is 10.1. The van der Waals surface area contributed by atoms with E-state index in [-0.39, 0.29) is 17.2 Å². The number of amides is 2. The van der Waals surface area contributed by atoms with E-state index in [2.05, 4.69) is 15.6 Å². The van der Waals surface area contributed by atoms with Gasteiger partial charge in [0.15, 0.2) is 0 Å². The molecule has 0 spiro atoms. The fraction of sp³-hybridized carbons (Fsp3) is 0.235. The van der Waals surface area contributed by atoms with Gasteiger partial charge in [0.1, 0.15) is 11.4 Å². The normalized spacial score (nSPS) is 11.0. The maximum Gasteiger partial charge on any atom is 0.433 e. The molecule has 26 heavy (non-hydrogen) atoms. The summed E-state index contributed by atoms with van der Waals surface area (Å²) in [6.07, 6.45) is -4.58. The zero-order chi connectivity index (χ0) is 19.5. The Morgan fingerprint density at radius 1 is 1.12 bits per heavy atom. The minimum atomic E-state index is -4.58. The second-order valence-electron chi connectivity index (χ2n) is 5.38. The number of aromatic nitrogens is 1. The largest absolute Gasteiger partial charge is 0.495 e. The Labute approximate surface area is 147 Å². The van der Waals surface area contributed by atoms with Gasteiger partial charge in [0.25, 0.3) is 5.91 Å². The number of halogens is 3. The van der Waals surface area contributed by atoms with Gasteiger partial charge in [0.2, 0.25) is 5.91 Å². The van der Waals surface area contributed by atoms with Crippen molar-refractivity contribution in [2.24, 2.45) is 0 Å². The predicted molar refractivity (Wildman–Crippen MR) is 89.2 cm³/mol. The number of carbonyl (C=O) groups excluding carboxylic acids is 2. The first-order valence-electron chi connectivity index (χ1n) is 7.43. The molecule has 0 bridgehead atoms. The molecule has 2 N–H and O–H groups in total. The summed E-state index contributed by atoms with van der Waals surface area (Å²) in [6, 6.07) is 6.37. The number of rotatable bonds is 4. The van der Waals surface area contributed by atoms with Crippen LogP contribution in [-0.2, 0) is 11.0 Å². The second kappa shape index (κ2) is 7.42. The lowest BCUT2D eigenvalue weighted by molar-refractivity contribution is -0.141. The molecule has 138 valence electrons. The van der Waals surface area contributed by atoms with Gasteiger partial charge in [-0.15, -0.1) is 0 Å². The number of carbonyl (C=O) groups is 2. The first-order valence-corrected chi connectivity index (χ1v) is 7.43. The number of hydrogen-bond donors (Lipinski definition) is 2. The average molecular weight is 367 g/mol. The van der Waals surface area contributed by atoms with Crippen molar-refractivity contribution in [1.29, 1.82) is 0 Å². The second-order valence-corrected chi connectivity index (χ2v) is 5.38. The molecule has 1 heterocycles. The highest BCUT2D eigenvalue weighted by Gasteiger charge is 2.33. The number of alkyl halides is 3. The van der Waals surface area contributed by atoms with Crippen molar-refractivity contribution in [3.63, 3.8) is 0 Å². The molecule has 0 saturated carbocycles. The molecule has 0 aliphatic carbocycles. The Bertz CT molecular complexity index is 851. The van der Waals surface area contributed by atoms with E-state index in [4.69, 9.17) is 4.74 Å².